The number of aliphatic carboxylic acids is 1. The van der Waals surface area contributed by atoms with Gasteiger partial charge >= 0.3 is 5.97 Å². The highest BCUT2D eigenvalue weighted by Crippen LogP contribution is 2.25. The lowest BCUT2D eigenvalue weighted by molar-refractivity contribution is -0.142. The van der Waals surface area contributed by atoms with Crippen LogP contribution in [0, 0.1) is 13.8 Å². The smallest absolute Gasteiger partial charge is 0.313 e. The zero-order chi connectivity index (χ0) is 21.2. The molecule has 0 spiro atoms. The van der Waals surface area contributed by atoms with Gasteiger partial charge in [-0.2, -0.15) is 5.10 Å². The van der Waals surface area contributed by atoms with Crippen LogP contribution in [-0.4, -0.2) is 26.8 Å². The second kappa shape index (κ2) is 7.91. The molecule has 6 heteroatoms. The first kappa shape index (κ1) is 20.3. The van der Waals surface area contributed by atoms with Gasteiger partial charge in [-0.15, -0.1) is 0 Å². The summed E-state index contributed by atoms with van der Waals surface area (Å²) >= 11 is 0. The minimum Gasteiger partial charge on any atom is -0.481 e. The van der Waals surface area contributed by atoms with E-state index in [1.54, 1.807) is 44.2 Å². The van der Waals surface area contributed by atoms with Crippen LogP contribution in [0.15, 0.2) is 54.6 Å². The van der Waals surface area contributed by atoms with Crippen molar-refractivity contribution in [2.45, 2.75) is 39.7 Å². The normalized spacial score (nSPS) is 11.3. The van der Waals surface area contributed by atoms with Crippen LogP contribution in [-0.2, 0) is 16.8 Å². The third-order valence-electron chi connectivity index (χ3n) is 5.02. The standard InChI is InChI=1S/C23H25N3O3/c1-15-12-16(2)26(25-15)14-17-6-5-7-18(13-17)21(27)24-20-10-8-19(9-11-20)23(3,4)22(28)29/h5-13H,14H2,1-4H3,(H,24,27)(H,28,29). The zero-order valence-electron chi connectivity index (χ0n) is 17.1. The van der Waals surface area contributed by atoms with Gasteiger partial charge < -0.3 is 10.4 Å². The van der Waals surface area contributed by atoms with Gasteiger partial charge in [0.15, 0.2) is 0 Å². The van der Waals surface area contributed by atoms with Gasteiger partial charge in [-0.3, -0.25) is 14.3 Å². The number of carbonyl (C=O) groups excluding carboxylic acids is 1. The van der Waals surface area contributed by atoms with Crippen LogP contribution >= 0.6 is 0 Å². The van der Waals surface area contributed by atoms with Gasteiger partial charge in [-0.25, -0.2) is 0 Å². The summed E-state index contributed by atoms with van der Waals surface area (Å²) in [5.41, 5.74) is 3.88. The first-order chi connectivity index (χ1) is 13.7. The molecule has 1 amide bonds. The molecule has 1 heterocycles. The number of nitrogens with one attached hydrogen (secondary N) is 1. The SMILES string of the molecule is Cc1cc(C)n(Cc2cccc(C(=O)Nc3ccc(C(C)(C)C(=O)O)cc3)c2)n1. The van der Waals surface area contributed by atoms with Crippen LogP contribution in [0.1, 0.15) is 46.7 Å². The fraction of sp³-hybridized carbons (Fsp3) is 0.261. The van der Waals surface area contributed by atoms with Gasteiger partial charge in [-0.05, 0) is 69.2 Å². The molecule has 0 atom stereocenters. The van der Waals surface area contributed by atoms with Crippen molar-refractivity contribution < 1.29 is 14.7 Å². The van der Waals surface area contributed by atoms with E-state index in [2.05, 4.69) is 10.4 Å². The van der Waals surface area contributed by atoms with Crippen molar-refractivity contribution in [3.8, 4) is 0 Å². The summed E-state index contributed by atoms with van der Waals surface area (Å²) in [5.74, 6) is -1.11. The van der Waals surface area contributed by atoms with Crippen molar-refractivity contribution >= 4 is 17.6 Å². The maximum atomic E-state index is 12.7. The summed E-state index contributed by atoms with van der Waals surface area (Å²) in [6, 6.07) is 16.4. The molecule has 2 aromatic carbocycles. The van der Waals surface area contributed by atoms with E-state index in [1.165, 1.54) is 0 Å². The first-order valence-electron chi connectivity index (χ1n) is 9.42. The predicted octanol–water partition coefficient (Wildman–Crippen LogP) is 4.16. The Bertz CT molecular complexity index is 1050. The maximum absolute atomic E-state index is 12.7. The van der Waals surface area contributed by atoms with Gasteiger partial charge in [0.2, 0.25) is 0 Å². The Hall–Kier alpha value is -3.41. The number of aryl methyl sites for hydroxylation is 2. The molecule has 0 saturated heterocycles. The third kappa shape index (κ3) is 4.54. The Labute approximate surface area is 170 Å². The molecule has 0 radical (unpaired) electrons. The Morgan fingerprint density at radius 3 is 2.34 bits per heavy atom. The number of benzene rings is 2. The van der Waals surface area contributed by atoms with Gasteiger partial charge in [0.25, 0.3) is 5.91 Å². The van der Waals surface area contributed by atoms with Gasteiger partial charge in [0.1, 0.15) is 0 Å². The molecule has 0 aliphatic rings. The average Bonchev–Trinajstić information content (AvgIpc) is 2.99. The van der Waals surface area contributed by atoms with Crippen LogP contribution in [0.25, 0.3) is 0 Å². The van der Waals surface area contributed by atoms with Crippen molar-refractivity contribution in [1.29, 1.82) is 0 Å². The number of aromatic nitrogens is 2. The zero-order valence-corrected chi connectivity index (χ0v) is 17.1. The Kier molecular flexibility index (Phi) is 5.55. The largest absolute Gasteiger partial charge is 0.481 e. The molecule has 29 heavy (non-hydrogen) atoms. The van der Waals surface area contributed by atoms with Crippen LogP contribution in [0.3, 0.4) is 0 Å². The number of carbonyl (C=O) groups is 2. The molecule has 0 fully saturated rings. The fourth-order valence-electron chi connectivity index (χ4n) is 3.12. The first-order valence-corrected chi connectivity index (χ1v) is 9.42. The molecule has 6 nitrogen and oxygen atoms in total. The molecule has 3 aromatic rings. The summed E-state index contributed by atoms with van der Waals surface area (Å²) in [6.45, 7) is 7.86. The molecule has 2 N–H and O–H groups in total. The van der Waals surface area contributed by atoms with Crippen LogP contribution in [0.4, 0.5) is 5.69 Å². The third-order valence-corrected chi connectivity index (χ3v) is 5.02. The number of carboxylic acid groups (broad SMARTS) is 1. The van der Waals surface area contributed by atoms with E-state index < -0.39 is 11.4 Å². The van der Waals surface area contributed by atoms with Crippen LogP contribution < -0.4 is 5.32 Å². The van der Waals surface area contributed by atoms with Crippen molar-refractivity contribution in [2.24, 2.45) is 0 Å². The Morgan fingerprint density at radius 2 is 1.76 bits per heavy atom. The molecular weight excluding hydrogens is 366 g/mol. The fourth-order valence-corrected chi connectivity index (χ4v) is 3.12. The van der Waals surface area contributed by atoms with Crippen LogP contribution in [0.2, 0.25) is 0 Å². The summed E-state index contributed by atoms with van der Waals surface area (Å²) in [4.78, 5) is 24.0. The number of anilines is 1. The Morgan fingerprint density at radius 1 is 1.07 bits per heavy atom. The summed E-state index contributed by atoms with van der Waals surface area (Å²) in [6.07, 6.45) is 0. The lowest BCUT2D eigenvalue weighted by Gasteiger charge is -2.19. The lowest BCUT2D eigenvalue weighted by Crippen LogP contribution is -2.28. The van der Waals surface area contributed by atoms with Gasteiger partial charge in [-0.1, -0.05) is 24.3 Å². The van der Waals surface area contributed by atoms with E-state index >= 15 is 0 Å². The topological polar surface area (TPSA) is 84.2 Å². The van der Waals surface area contributed by atoms with E-state index in [1.807, 2.05) is 42.8 Å². The number of hydrogen-bond acceptors (Lipinski definition) is 3. The van der Waals surface area contributed by atoms with Crippen LogP contribution in [0.5, 0.6) is 0 Å². The number of rotatable bonds is 6. The van der Waals surface area contributed by atoms with Gasteiger partial charge in [0.05, 0.1) is 17.7 Å². The van der Waals surface area contributed by atoms with Crippen molar-refractivity contribution in [2.75, 3.05) is 5.32 Å². The van der Waals surface area contributed by atoms with E-state index in [0.29, 0.717) is 23.4 Å². The van der Waals surface area contributed by atoms with E-state index in [9.17, 15) is 14.7 Å². The number of nitrogens with zero attached hydrogens (tertiary/aromatic N) is 2. The molecule has 1 aromatic heterocycles. The molecule has 0 bridgehead atoms. The molecule has 150 valence electrons. The second-order valence-corrected chi connectivity index (χ2v) is 7.75. The van der Waals surface area contributed by atoms with Gasteiger partial charge in [0, 0.05) is 16.9 Å². The number of carboxylic acids is 1. The minimum absolute atomic E-state index is 0.217. The lowest BCUT2D eigenvalue weighted by atomic mass is 9.85. The van der Waals surface area contributed by atoms with Crippen molar-refractivity contribution in [3.63, 3.8) is 0 Å². The maximum Gasteiger partial charge on any atom is 0.313 e. The van der Waals surface area contributed by atoms with E-state index in [0.717, 1.165) is 17.0 Å². The number of hydrogen-bond donors (Lipinski definition) is 2. The second-order valence-electron chi connectivity index (χ2n) is 7.75. The molecule has 0 aliphatic carbocycles. The van der Waals surface area contributed by atoms with E-state index in [4.69, 9.17) is 0 Å². The van der Waals surface area contributed by atoms with E-state index in [-0.39, 0.29) is 5.91 Å². The minimum atomic E-state index is -0.986. The quantitative estimate of drug-likeness (QED) is 0.661. The molecule has 3 rings (SSSR count). The Balaban J connectivity index is 1.72. The monoisotopic (exact) mass is 391 g/mol. The predicted molar refractivity (Wildman–Crippen MR) is 112 cm³/mol. The van der Waals surface area contributed by atoms with Crippen molar-refractivity contribution in [1.82, 2.24) is 9.78 Å². The molecular formula is C23H25N3O3. The summed E-state index contributed by atoms with van der Waals surface area (Å²) < 4.78 is 1.91. The highest BCUT2D eigenvalue weighted by atomic mass is 16.4. The highest BCUT2D eigenvalue weighted by Gasteiger charge is 2.29. The highest BCUT2D eigenvalue weighted by molar-refractivity contribution is 6.04. The molecule has 0 saturated carbocycles. The summed E-state index contributed by atoms with van der Waals surface area (Å²) in [5, 5.41) is 16.7. The number of amides is 1. The average molecular weight is 391 g/mol. The summed E-state index contributed by atoms with van der Waals surface area (Å²) in [7, 11) is 0. The van der Waals surface area contributed by atoms with Crippen molar-refractivity contribution in [3.05, 3.63) is 82.7 Å². The molecule has 0 unspecified atom stereocenters. The molecule has 0 aliphatic heterocycles.